The molecule has 0 unspecified atom stereocenters. The van der Waals surface area contributed by atoms with E-state index < -0.39 is 11.8 Å². The smallest absolute Gasteiger partial charge is 0.132 e. The van der Waals surface area contributed by atoms with Crippen molar-refractivity contribution in [3.8, 4) is 0 Å². The molecular formula is C14H9ClFN2O2-. The zero-order valence-corrected chi connectivity index (χ0v) is 10.9. The summed E-state index contributed by atoms with van der Waals surface area (Å²) in [6.07, 6.45) is 1.29. The molecule has 6 heteroatoms. The number of carbonyl (C=O) groups is 1. The summed E-state index contributed by atoms with van der Waals surface area (Å²) >= 11 is 5.71. The normalized spacial score (nSPS) is 10.7. The number of nitrogens with zero attached hydrogens (tertiary/aromatic N) is 1. The van der Waals surface area contributed by atoms with E-state index in [1.807, 2.05) is 0 Å². The Bertz CT molecular complexity index is 674. The maximum absolute atomic E-state index is 13.3. The molecule has 0 radical (unpaired) electrons. The van der Waals surface area contributed by atoms with Crippen molar-refractivity contribution in [2.24, 2.45) is 5.10 Å². The lowest BCUT2D eigenvalue weighted by atomic mass is 10.2. The van der Waals surface area contributed by atoms with E-state index >= 15 is 0 Å². The molecule has 0 aliphatic rings. The number of carboxylic acid groups (broad SMARTS) is 1. The first kappa shape index (κ1) is 14.0. The van der Waals surface area contributed by atoms with E-state index in [0.717, 1.165) is 0 Å². The SMILES string of the molecule is O=C([O-])c1cc(N/N=C\c2ccccc2F)ccc1Cl. The molecule has 0 spiro atoms. The Kier molecular flexibility index (Phi) is 4.32. The van der Waals surface area contributed by atoms with Crippen LogP contribution in [0.5, 0.6) is 0 Å². The van der Waals surface area contributed by atoms with Crippen LogP contribution in [0.15, 0.2) is 47.6 Å². The molecule has 0 aliphatic carbocycles. The van der Waals surface area contributed by atoms with Gasteiger partial charge in [0, 0.05) is 16.1 Å². The molecule has 0 heterocycles. The third kappa shape index (κ3) is 3.33. The van der Waals surface area contributed by atoms with Crippen molar-refractivity contribution < 1.29 is 14.3 Å². The van der Waals surface area contributed by atoms with Gasteiger partial charge in [-0.2, -0.15) is 5.10 Å². The van der Waals surface area contributed by atoms with Gasteiger partial charge in [0.15, 0.2) is 0 Å². The van der Waals surface area contributed by atoms with Crippen molar-refractivity contribution in [1.82, 2.24) is 0 Å². The molecule has 0 aliphatic heterocycles. The number of anilines is 1. The zero-order chi connectivity index (χ0) is 14.5. The zero-order valence-electron chi connectivity index (χ0n) is 10.1. The molecule has 2 rings (SSSR count). The van der Waals surface area contributed by atoms with Gasteiger partial charge in [-0.3, -0.25) is 5.43 Å². The molecule has 0 aromatic heterocycles. The maximum Gasteiger partial charge on any atom is 0.132 e. The van der Waals surface area contributed by atoms with Crippen molar-refractivity contribution >= 4 is 29.5 Å². The summed E-state index contributed by atoms with van der Waals surface area (Å²) in [4.78, 5) is 10.8. The van der Waals surface area contributed by atoms with Crippen LogP contribution in [-0.2, 0) is 0 Å². The van der Waals surface area contributed by atoms with Crippen LogP contribution >= 0.6 is 11.6 Å². The average molecular weight is 292 g/mol. The second kappa shape index (κ2) is 6.16. The van der Waals surface area contributed by atoms with Gasteiger partial charge in [-0.1, -0.05) is 29.8 Å². The molecule has 0 atom stereocenters. The van der Waals surface area contributed by atoms with E-state index in [4.69, 9.17) is 11.6 Å². The first-order valence-corrected chi connectivity index (χ1v) is 6.00. The van der Waals surface area contributed by atoms with Crippen LogP contribution in [0, 0.1) is 5.82 Å². The fraction of sp³-hybridized carbons (Fsp3) is 0. The summed E-state index contributed by atoms with van der Waals surface area (Å²) in [7, 11) is 0. The van der Waals surface area contributed by atoms with Gasteiger partial charge in [0.05, 0.1) is 17.9 Å². The number of halogens is 2. The predicted molar refractivity (Wildman–Crippen MR) is 73.4 cm³/mol. The highest BCUT2D eigenvalue weighted by atomic mass is 35.5. The van der Waals surface area contributed by atoms with Gasteiger partial charge in [0.1, 0.15) is 5.82 Å². The number of nitrogens with one attached hydrogen (secondary N) is 1. The number of hydrogen-bond acceptors (Lipinski definition) is 4. The van der Waals surface area contributed by atoms with Crippen LogP contribution in [-0.4, -0.2) is 12.2 Å². The van der Waals surface area contributed by atoms with Gasteiger partial charge in [-0.25, -0.2) is 4.39 Å². The van der Waals surface area contributed by atoms with Gasteiger partial charge in [0.2, 0.25) is 0 Å². The molecule has 0 bridgehead atoms. The fourth-order valence-corrected chi connectivity index (χ4v) is 1.70. The first-order chi connectivity index (χ1) is 9.58. The summed E-state index contributed by atoms with van der Waals surface area (Å²) in [5.41, 5.74) is 3.17. The lowest BCUT2D eigenvalue weighted by molar-refractivity contribution is -0.255. The largest absolute Gasteiger partial charge is 0.545 e. The molecule has 2 aromatic rings. The summed E-state index contributed by atoms with van der Waals surface area (Å²) in [5, 5.41) is 14.7. The second-order valence-electron chi connectivity index (χ2n) is 3.87. The minimum Gasteiger partial charge on any atom is -0.545 e. The number of aromatic carboxylic acids is 1. The molecule has 0 fully saturated rings. The molecule has 20 heavy (non-hydrogen) atoms. The highest BCUT2D eigenvalue weighted by Gasteiger charge is 2.02. The number of carboxylic acids is 1. The van der Waals surface area contributed by atoms with Crippen molar-refractivity contribution in [3.05, 3.63) is 64.4 Å². The van der Waals surface area contributed by atoms with Crippen molar-refractivity contribution in [2.45, 2.75) is 0 Å². The standard InChI is InChI=1S/C14H10ClFN2O2/c15-12-6-5-10(7-11(12)14(19)20)18-17-8-9-3-1-2-4-13(9)16/h1-8,18H,(H,19,20)/p-1/b17-8-. The van der Waals surface area contributed by atoms with Crippen LogP contribution in [0.1, 0.15) is 15.9 Å². The van der Waals surface area contributed by atoms with Crippen molar-refractivity contribution in [1.29, 1.82) is 0 Å². The molecule has 1 N–H and O–H groups in total. The van der Waals surface area contributed by atoms with Crippen LogP contribution < -0.4 is 10.5 Å². The van der Waals surface area contributed by atoms with Crippen LogP contribution in [0.25, 0.3) is 0 Å². The summed E-state index contributed by atoms with van der Waals surface area (Å²) < 4.78 is 13.3. The van der Waals surface area contributed by atoms with Gasteiger partial charge in [0.25, 0.3) is 0 Å². The first-order valence-electron chi connectivity index (χ1n) is 5.62. The van der Waals surface area contributed by atoms with Gasteiger partial charge >= 0.3 is 0 Å². The topological polar surface area (TPSA) is 64.5 Å². The van der Waals surface area contributed by atoms with Crippen LogP contribution in [0.2, 0.25) is 5.02 Å². The summed E-state index contributed by atoms with van der Waals surface area (Å²) in [5.74, 6) is -1.78. The van der Waals surface area contributed by atoms with Gasteiger partial charge < -0.3 is 9.90 Å². The van der Waals surface area contributed by atoms with E-state index in [-0.39, 0.29) is 10.6 Å². The molecule has 0 amide bonds. The summed E-state index contributed by atoms with van der Waals surface area (Å²) in [6, 6.07) is 10.4. The third-order valence-electron chi connectivity index (χ3n) is 2.49. The lowest BCUT2D eigenvalue weighted by Crippen LogP contribution is -2.22. The molecular weight excluding hydrogens is 283 g/mol. The van der Waals surface area contributed by atoms with Gasteiger partial charge in [-0.05, 0) is 24.3 Å². The van der Waals surface area contributed by atoms with E-state index in [1.165, 1.54) is 24.4 Å². The Balaban J connectivity index is 2.14. The number of rotatable bonds is 4. The van der Waals surface area contributed by atoms with E-state index in [2.05, 4.69) is 10.5 Å². The highest BCUT2D eigenvalue weighted by Crippen LogP contribution is 2.19. The van der Waals surface area contributed by atoms with Crippen molar-refractivity contribution in [2.75, 3.05) is 5.43 Å². The van der Waals surface area contributed by atoms with E-state index in [1.54, 1.807) is 24.3 Å². The third-order valence-corrected chi connectivity index (χ3v) is 2.82. The number of benzene rings is 2. The summed E-state index contributed by atoms with van der Waals surface area (Å²) in [6.45, 7) is 0. The number of carbonyl (C=O) groups excluding carboxylic acids is 1. The quantitative estimate of drug-likeness (QED) is 0.694. The fourth-order valence-electron chi connectivity index (χ4n) is 1.51. The monoisotopic (exact) mass is 291 g/mol. The van der Waals surface area contributed by atoms with E-state index in [9.17, 15) is 14.3 Å². The van der Waals surface area contributed by atoms with E-state index in [0.29, 0.717) is 11.3 Å². The molecule has 2 aromatic carbocycles. The Labute approximate surface area is 119 Å². The van der Waals surface area contributed by atoms with Gasteiger partial charge in [-0.15, -0.1) is 0 Å². The second-order valence-corrected chi connectivity index (χ2v) is 4.28. The average Bonchev–Trinajstić information content (AvgIpc) is 2.42. The Morgan fingerprint density at radius 3 is 2.75 bits per heavy atom. The number of hydrogen-bond donors (Lipinski definition) is 1. The Hall–Kier alpha value is -2.40. The van der Waals surface area contributed by atoms with Crippen LogP contribution in [0.3, 0.4) is 0 Å². The highest BCUT2D eigenvalue weighted by molar-refractivity contribution is 6.33. The molecule has 0 saturated heterocycles. The maximum atomic E-state index is 13.3. The minimum absolute atomic E-state index is 0.0774. The lowest BCUT2D eigenvalue weighted by Gasteiger charge is -2.07. The molecule has 0 saturated carbocycles. The minimum atomic E-state index is -1.38. The Morgan fingerprint density at radius 1 is 1.30 bits per heavy atom. The predicted octanol–water partition coefficient (Wildman–Crippen LogP) is 2.29. The van der Waals surface area contributed by atoms with Crippen molar-refractivity contribution in [3.63, 3.8) is 0 Å². The van der Waals surface area contributed by atoms with Crippen LogP contribution in [0.4, 0.5) is 10.1 Å². The number of hydrazone groups is 1. The molecule has 4 nitrogen and oxygen atoms in total. The molecule has 102 valence electrons. The Morgan fingerprint density at radius 2 is 2.05 bits per heavy atom.